The van der Waals surface area contributed by atoms with E-state index in [1.807, 2.05) is 18.7 Å². The summed E-state index contributed by atoms with van der Waals surface area (Å²) in [6.07, 6.45) is 12.3. The SMILES string of the molecule is CC(=N)N(C(=[N-])C(C)C)C1CC2N(CC[C@H](N)C3=CCCC=C3)C3CC123. The molecule has 4 rings (SSSR count). The molecule has 4 unspecified atom stereocenters. The second-order valence-electron chi connectivity index (χ2n) is 8.88. The highest BCUT2D eigenvalue weighted by Gasteiger charge is 2.80. The predicted octanol–water partition coefficient (Wildman–Crippen LogP) is 3.12. The molecule has 0 aromatic rings. The lowest BCUT2D eigenvalue weighted by molar-refractivity contribution is -0.108. The highest BCUT2D eigenvalue weighted by atomic mass is 15.4. The minimum absolute atomic E-state index is 0.0638. The van der Waals surface area contributed by atoms with Gasteiger partial charge in [0.05, 0.1) is 0 Å². The molecule has 0 radical (unpaired) electrons. The molecule has 5 atom stereocenters. The van der Waals surface area contributed by atoms with Crippen LogP contribution in [0.3, 0.4) is 0 Å². The van der Waals surface area contributed by atoms with Gasteiger partial charge in [-0.15, -0.1) is 0 Å². The first-order valence-corrected chi connectivity index (χ1v) is 10.2. The van der Waals surface area contributed by atoms with Crippen molar-refractivity contribution in [2.45, 2.75) is 77.0 Å². The van der Waals surface area contributed by atoms with E-state index in [9.17, 15) is 5.41 Å². The van der Waals surface area contributed by atoms with Gasteiger partial charge in [0.15, 0.2) is 0 Å². The lowest BCUT2D eigenvalue weighted by Crippen LogP contribution is -2.74. The van der Waals surface area contributed by atoms with E-state index < -0.39 is 0 Å². The molecule has 4 aliphatic rings. The van der Waals surface area contributed by atoms with Gasteiger partial charge in [0, 0.05) is 35.9 Å². The van der Waals surface area contributed by atoms with E-state index in [1.54, 1.807) is 6.92 Å². The smallest absolute Gasteiger partial charge is 0.0303 e. The second-order valence-corrected chi connectivity index (χ2v) is 8.88. The second kappa shape index (κ2) is 6.31. The van der Waals surface area contributed by atoms with Crippen molar-refractivity contribution in [2.75, 3.05) is 6.54 Å². The van der Waals surface area contributed by atoms with Crippen LogP contribution in [-0.2, 0) is 0 Å². The summed E-state index contributed by atoms with van der Waals surface area (Å²) in [6.45, 7) is 6.85. The number of nitrogens with two attached hydrogens (primary N) is 1. The van der Waals surface area contributed by atoms with E-state index >= 15 is 0 Å². The average molecular weight is 355 g/mol. The highest BCUT2D eigenvalue weighted by molar-refractivity contribution is 6.01. The first-order chi connectivity index (χ1) is 12.4. The van der Waals surface area contributed by atoms with Crippen molar-refractivity contribution >= 4 is 11.7 Å². The number of allylic oxidation sites excluding steroid dienone is 2. The molecule has 1 aliphatic heterocycles. The maximum absolute atomic E-state index is 10.5. The summed E-state index contributed by atoms with van der Waals surface area (Å²) in [4.78, 5) is 4.54. The van der Waals surface area contributed by atoms with E-state index in [4.69, 9.17) is 11.1 Å². The van der Waals surface area contributed by atoms with E-state index in [0.717, 1.165) is 32.2 Å². The van der Waals surface area contributed by atoms with Crippen LogP contribution in [0.2, 0.25) is 0 Å². The number of amidine groups is 2. The Labute approximate surface area is 157 Å². The van der Waals surface area contributed by atoms with Crippen LogP contribution in [0.5, 0.6) is 0 Å². The van der Waals surface area contributed by atoms with Crippen LogP contribution in [-0.4, -0.2) is 52.2 Å². The zero-order valence-electron chi connectivity index (χ0n) is 16.3. The predicted molar refractivity (Wildman–Crippen MR) is 107 cm³/mol. The Bertz CT molecular complexity index is 678. The molecule has 1 spiro atoms. The number of rotatable bonds is 6. The molecule has 1 saturated heterocycles. The van der Waals surface area contributed by atoms with Crippen LogP contribution in [0.4, 0.5) is 0 Å². The van der Waals surface area contributed by atoms with Crippen molar-refractivity contribution in [2.24, 2.45) is 17.1 Å². The summed E-state index contributed by atoms with van der Waals surface area (Å²) in [7, 11) is 0. The minimum Gasteiger partial charge on any atom is -0.468 e. The van der Waals surface area contributed by atoms with Gasteiger partial charge in [0.2, 0.25) is 0 Å². The maximum Gasteiger partial charge on any atom is 0.0303 e. The Morgan fingerprint density at radius 3 is 2.77 bits per heavy atom. The van der Waals surface area contributed by atoms with Crippen molar-refractivity contribution in [1.29, 1.82) is 5.41 Å². The molecule has 0 aromatic heterocycles. The molecule has 3 N–H and O–H groups in total. The van der Waals surface area contributed by atoms with Crippen LogP contribution >= 0.6 is 0 Å². The number of nitrogens with zero attached hydrogens (tertiary/aromatic N) is 3. The highest BCUT2D eigenvalue weighted by Crippen LogP contribution is 2.74. The van der Waals surface area contributed by atoms with E-state index in [-0.39, 0.29) is 12.0 Å². The minimum atomic E-state index is 0.0638. The molecule has 2 saturated carbocycles. The molecular weight excluding hydrogens is 322 g/mol. The zero-order chi connectivity index (χ0) is 18.6. The standard InChI is InChI=1S/C21H32N5/c1-13(2)20(24)26(14(3)22)18-11-17-21(18)12-19(21)25(17)10-9-16(23)15-7-5-4-6-8-15/h5,7-8,13,16-19,22H,4,6,9-12,23H2,1-3H3/q-1/t16-,17?,18?,19?,21?/m0/s1. The van der Waals surface area contributed by atoms with Crippen LogP contribution < -0.4 is 5.73 Å². The summed E-state index contributed by atoms with van der Waals surface area (Å²) in [6, 6.07) is 1.72. The summed E-state index contributed by atoms with van der Waals surface area (Å²) < 4.78 is 0. The number of likely N-dealkylation sites (tertiary alicyclic amines) is 1. The molecular formula is C21H32N5-. The topological polar surface area (TPSA) is 78.7 Å². The number of hydrogen-bond acceptors (Lipinski definition) is 3. The summed E-state index contributed by atoms with van der Waals surface area (Å²) >= 11 is 0. The summed E-state index contributed by atoms with van der Waals surface area (Å²) in [5.74, 6) is 0.891. The fourth-order valence-electron chi connectivity index (χ4n) is 5.57. The lowest BCUT2D eigenvalue weighted by Gasteiger charge is -2.66. The third-order valence-corrected chi connectivity index (χ3v) is 7.08. The molecule has 1 heterocycles. The van der Waals surface area contributed by atoms with E-state index in [1.165, 1.54) is 12.0 Å². The van der Waals surface area contributed by atoms with Crippen molar-refractivity contribution < 1.29 is 0 Å². The quantitative estimate of drug-likeness (QED) is 0.568. The molecule has 142 valence electrons. The fraction of sp³-hybridized carbons (Fsp3) is 0.714. The van der Waals surface area contributed by atoms with Crippen LogP contribution in [0.1, 0.15) is 52.9 Å². The number of hydrogen-bond donors (Lipinski definition) is 2. The normalized spacial score (nSPS) is 35.6. The van der Waals surface area contributed by atoms with Gasteiger partial charge in [0.25, 0.3) is 0 Å². The van der Waals surface area contributed by atoms with Crippen molar-refractivity contribution in [3.8, 4) is 0 Å². The lowest BCUT2D eigenvalue weighted by atomic mass is 9.63. The molecule has 3 fully saturated rings. The molecule has 0 bridgehead atoms. The summed E-state index contributed by atoms with van der Waals surface area (Å²) in [5, 5.41) is 18.6. The van der Waals surface area contributed by atoms with Gasteiger partial charge >= 0.3 is 0 Å². The van der Waals surface area contributed by atoms with Gasteiger partial charge in [-0.05, 0) is 56.6 Å². The maximum atomic E-state index is 10.5. The van der Waals surface area contributed by atoms with Gasteiger partial charge in [0.1, 0.15) is 0 Å². The largest absolute Gasteiger partial charge is 0.468 e. The van der Waals surface area contributed by atoms with Crippen molar-refractivity contribution in [3.05, 3.63) is 29.2 Å². The average Bonchev–Trinajstić information content (AvgIpc) is 3.34. The Balaban J connectivity index is 1.34. The monoisotopic (exact) mass is 354 g/mol. The molecule has 3 aliphatic carbocycles. The van der Waals surface area contributed by atoms with Gasteiger partial charge in [-0.1, -0.05) is 37.9 Å². The van der Waals surface area contributed by atoms with E-state index in [0.29, 0.717) is 35.2 Å². The summed E-state index contributed by atoms with van der Waals surface area (Å²) in [5.41, 5.74) is 8.03. The van der Waals surface area contributed by atoms with Crippen LogP contribution in [0.15, 0.2) is 23.8 Å². The van der Waals surface area contributed by atoms with Crippen molar-refractivity contribution in [1.82, 2.24) is 9.80 Å². The van der Waals surface area contributed by atoms with Crippen LogP contribution in [0, 0.1) is 16.7 Å². The van der Waals surface area contributed by atoms with Crippen molar-refractivity contribution in [3.63, 3.8) is 0 Å². The van der Waals surface area contributed by atoms with Crippen LogP contribution in [0.25, 0.3) is 5.41 Å². The first-order valence-electron chi connectivity index (χ1n) is 10.2. The molecule has 0 amide bonds. The number of piperidine rings is 1. The first kappa shape index (κ1) is 17.9. The fourth-order valence-corrected chi connectivity index (χ4v) is 5.57. The molecule has 5 nitrogen and oxygen atoms in total. The molecule has 5 heteroatoms. The molecule has 0 aromatic carbocycles. The van der Waals surface area contributed by atoms with Gasteiger partial charge in [-0.25, -0.2) is 0 Å². The van der Waals surface area contributed by atoms with Gasteiger partial charge < -0.3 is 21.5 Å². The number of nitrogens with one attached hydrogen (secondary N) is 1. The molecule has 26 heavy (non-hydrogen) atoms. The van der Waals surface area contributed by atoms with E-state index in [2.05, 4.69) is 23.1 Å². The Morgan fingerprint density at radius 2 is 2.19 bits per heavy atom. The van der Waals surface area contributed by atoms with Gasteiger partial charge in [-0.2, -0.15) is 0 Å². The third-order valence-electron chi connectivity index (χ3n) is 7.08. The third kappa shape index (κ3) is 2.51. The Kier molecular flexibility index (Phi) is 4.35. The zero-order valence-corrected chi connectivity index (χ0v) is 16.3. The van der Waals surface area contributed by atoms with Gasteiger partial charge in [-0.3, -0.25) is 4.90 Å². The Hall–Kier alpha value is -1.46. The Morgan fingerprint density at radius 1 is 1.42 bits per heavy atom.